The van der Waals surface area contributed by atoms with E-state index in [9.17, 15) is 0 Å². The summed E-state index contributed by atoms with van der Waals surface area (Å²) in [4.78, 5) is 5.28. The van der Waals surface area contributed by atoms with Crippen LogP contribution in [-0.2, 0) is 0 Å². The summed E-state index contributed by atoms with van der Waals surface area (Å²) >= 11 is 0. The Labute approximate surface area is 125 Å². The largest absolute Gasteiger partial charge is 0.326 e. The lowest BCUT2D eigenvalue weighted by atomic mass is 9.76. The number of hydrogen-bond acceptors (Lipinski definition) is 3. The minimum Gasteiger partial charge on any atom is -0.326 e. The molecule has 1 aliphatic carbocycles. The molecule has 2 aliphatic rings. The maximum atomic E-state index is 6.52. The van der Waals surface area contributed by atoms with Crippen LogP contribution >= 0.6 is 0 Å². The molecule has 1 saturated heterocycles. The van der Waals surface area contributed by atoms with Gasteiger partial charge in [-0.2, -0.15) is 0 Å². The van der Waals surface area contributed by atoms with Crippen LogP contribution in [-0.4, -0.2) is 54.6 Å². The van der Waals surface area contributed by atoms with Gasteiger partial charge in [0.15, 0.2) is 0 Å². The quantitative estimate of drug-likeness (QED) is 0.863. The fourth-order valence-corrected chi connectivity index (χ4v) is 4.25. The molecule has 1 aliphatic heterocycles. The minimum absolute atomic E-state index is 0.391. The van der Waals surface area contributed by atoms with Crippen LogP contribution in [0.25, 0.3) is 0 Å². The van der Waals surface area contributed by atoms with Gasteiger partial charge in [0.25, 0.3) is 0 Å². The lowest BCUT2D eigenvalue weighted by molar-refractivity contribution is 0.0602. The molecule has 0 aromatic rings. The van der Waals surface area contributed by atoms with Crippen LogP contribution in [0.2, 0.25) is 0 Å². The van der Waals surface area contributed by atoms with Gasteiger partial charge in [-0.25, -0.2) is 0 Å². The zero-order valence-corrected chi connectivity index (χ0v) is 14.0. The Kier molecular flexibility index (Phi) is 5.88. The summed E-state index contributed by atoms with van der Waals surface area (Å²) in [5.41, 5.74) is 6.52. The molecule has 1 saturated carbocycles. The molecule has 3 nitrogen and oxygen atoms in total. The molecule has 0 aromatic carbocycles. The summed E-state index contributed by atoms with van der Waals surface area (Å²) in [5.74, 6) is 1.68. The molecule has 0 amide bonds. The highest BCUT2D eigenvalue weighted by Gasteiger charge is 2.36. The number of nitrogens with two attached hydrogens (primary N) is 1. The van der Waals surface area contributed by atoms with Crippen molar-refractivity contribution in [1.29, 1.82) is 0 Å². The minimum atomic E-state index is 0.391. The molecule has 4 unspecified atom stereocenters. The van der Waals surface area contributed by atoms with Gasteiger partial charge in [-0.1, -0.05) is 20.8 Å². The molecule has 2 rings (SSSR count). The summed E-state index contributed by atoms with van der Waals surface area (Å²) in [6, 6.07) is 1.71. The van der Waals surface area contributed by atoms with Crippen molar-refractivity contribution in [2.45, 2.75) is 71.0 Å². The van der Waals surface area contributed by atoms with E-state index in [1.807, 2.05) is 0 Å². The Morgan fingerprint density at radius 3 is 2.60 bits per heavy atom. The van der Waals surface area contributed by atoms with Crippen molar-refractivity contribution in [3.8, 4) is 0 Å². The van der Waals surface area contributed by atoms with Crippen LogP contribution < -0.4 is 5.73 Å². The maximum Gasteiger partial charge on any atom is 0.0253 e. The second kappa shape index (κ2) is 7.24. The smallest absolute Gasteiger partial charge is 0.0253 e. The van der Waals surface area contributed by atoms with Crippen molar-refractivity contribution in [3.63, 3.8) is 0 Å². The van der Waals surface area contributed by atoms with Crippen LogP contribution in [0, 0.1) is 11.8 Å². The molecular formula is C17H35N3. The molecule has 20 heavy (non-hydrogen) atoms. The average molecular weight is 281 g/mol. The third-order valence-electron chi connectivity index (χ3n) is 5.70. The van der Waals surface area contributed by atoms with Crippen molar-refractivity contribution in [1.82, 2.24) is 9.80 Å². The molecule has 2 N–H and O–H groups in total. The summed E-state index contributed by atoms with van der Waals surface area (Å²) < 4.78 is 0. The van der Waals surface area contributed by atoms with Gasteiger partial charge in [0, 0.05) is 31.2 Å². The topological polar surface area (TPSA) is 32.5 Å². The predicted octanol–water partition coefficient (Wildman–Crippen LogP) is 2.55. The van der Waals surface area contributed by atoms with E-state index in [1.54, 1.807) is 0 Å². The average Bonchev–Trinajstić information content (AvgIpc) is 2.60. The van der Waals surface area contributed by atoms with Gasteiger partial charge >= 0.3 is 0 Å². The Bertz CT molecular complexity index is 292. The fourth-order valence-electron chi connectivity index (χ4n) is 4.25. The Hall–Kier alpha value is -0.120. The van der Waals surface area contributed by atoms with Crippen molar-refractivity contribution in [2.24, 2.45) is 17.6 Å². The van der Waals surface area contributed by atoms with Crippen molar-refractivity contribution in [3.05, 3.63) is 0 Å². The monoisotopic (exact) mass is 281 g/mol. The van der Waals surface area contributed by atoms with Crippen molar-refractivity contribution < 1.29 is 0 Å². The van der Waals surface area contributed by atoms with Gasteiger partial charge in [-0.05, 0) is 57.5 Å². The molecule has 118 valence electrons. The third kappa shape index (κ3) is 3.75. The number of rotatable bonds is 3. The molecule has 4 atom stereocenters. The first kappa shape index (κ1) is 16.3. The highest BCUT2D eigenvalue weighted by Crippen LogP contribution is 2.33. The summed E-state index contributed by atoms with van der Waals surface area (Å²) in [6.45, 7) is 10.8. The first-order chi connectivity index (χ1) is 9.52. The van der Waals surface area contributed by atoms with E-state index in [-0.39, 0.29) is 0 Å². The van der Waals surface area contributed by atoms with Gasteiger partial charge in [0.2, 0.25) is 0 Å². The first-order valence-corrected chi connectivity index (χ1v) is 8.72. The van der Waals surface area contributed by atoms with E-state index in [0.29, 0.717) is 18.1 Å². The zero-order valence-electron chi connectivity index (χ0n) is 14.0. The lowest BCUT2D eigenvalue weighted by Crippen LogP contribution is -2.56. The molecule has 3 heteroatoms. The van der Waals surface area contributed by atoms with E-state index in [2.05, 4.69) is 37.6 Å². The lowest BCUT2D eigenvalue weighted by Gasteiger charge is -2.45. The standard InChI is InChI=1S/C17H35N3/c1-5-15-12-19(4)9-6-10-20(15)17-11-14(13(2)3)7-8-16(17)18/h13-17H,5-12,18H2,1-4H3. The van der Waals surface area contributed by atoms with E-state index in [1.165, 1.54) is 51.7 Å². The molecule has 0 spiro atoms. The Morgan fingerprint density at radius 2 is 1.95 bits per heavy atom. The molecule has 0 bridgehead atoms. The Morgan fingerprint density at radius 1 is 1.20 bits per heavy atom. The van der Waals surface area contributed by atoms with Crippen LogP contribution in [0.15, 0.2) is 0 Å². The van der Waals surface area contributed by atoms with Gasteiger partial charge in [0.1, 0.15) is 0 Å². The SMILES string of the molecule is CCC1CN(C)CCCN1C1CC(C(C)C)CCC1N. The van der Waals surface area contributed by atoms with Crippen molar-refractivity contribution in [2.75, 3.05) is 26.7 Å². The summed E-state index contributed by atoms with van der Waals surface area (Å²) in [5, 5.41) is 0. The number of likely N-dealkylation sites (N-methyl/N-ethyl adjacent to an activating group) is 1. The molecule has 0 radical (unpaired) electrons. The van der Waals surface area contributed by atoms with E-state index < -0.39 is 0 Å². The molecule has 1 heterocycles. The van der Waals surface area contributed by atoms with Crippen LogP contribution in [0.4, 0.5) is 0 Å². The molecule has 2 fully saturated rings. The normalized spacial score (nSPS) is 38.1. The van der Waals surface area contributed by atoms with Gasteiger partial charge in [0.05, 0.1) is 0 Å². The highest BCUT2D eigenvalue weighted by molar-refractivity contribution is 4.93. The fraction of sp³-hybridized carbons (Fsp3) is 1.00. The van der Waals surface area contributed by atoms with Crippen LogP contribution in [0.5, 0.6) is 0 Å². The summed E-state index contributed by atoms with van der Waals surface area (Å²) in [7, 11) is 2.27. The third-order valence-corrected chi connectivity index (χ3v) is 5.70. The zero-order chi connectivity index (χ0) is 14.7. The van der Waals surface area contributed by atoms with Gasteiger partial charge in [-0.15, -0.1) is 0 Å². The van der Waals surface area contributed by atoms with Crippen molar-refractivity contribution >= 4 is 0 Å². The number of nitrogens with zero attached hydrogens (tertiary/aromatic N) is 2. The maximum absolute atomic E-state index is 6.52. The number of hydrogen-bond donors (Lipinski definition) is 1. The van der Waals surface area contributed by atoms with Crippen LogP contribution in [0.1, 0.15) is 52.9 Å². The second-order valence-electron chi connectivity index (χ2n) is 7.46. The van der Waals surface area contributed by atoms with Gasteiger partial charge in [-0.3, -0.25) is 4.90 Å². The second-order valence-corrected chi connectivity index (χ2v) is 7.46. The van der Waals surface area contributed by atoms with Gasteiger partial charge < -0.3 is 10.6 Å². The molecular weight excluding hydrogens is 246 g/mol. The van der Waals surface area contributed by atoms with Crippen LogP contribution in [0.3, 0.4) is 0 Å². The van der Waals surface area contributed by atoms with E-state index >= 15 is 0 Å². The van der Waals surface area contributed by atoms with E-state index in [0.717, 1.165) is 11.8 Å². The van der Waals surface area contributed by atoms with E-state index in [4.69, 9.17) is 5.73 Å². The first-order valence-electron chi connectivity index (χ1n) is 8.72. The predicted molar refractivity (Wildman–Crippen MR) is 86.8 cm³/mol. The molecule has 0 aromatic heterocycles. The Balaban J connectivity index is 2.09. The highest BCUT2D eigenvalue weighted by atomic mass is 15.3. The summed E-state index contributed by atoms with van der Waals surface area (Å²) in [6.07, 6.45) is 6.41.